The van der Waals surface area contributed by atoms with Gasteiger partial charge in [0.15, 0.2) is 5.78 Å². The van der Waals surface area contributed by atoms with Crippen molar-refractivity contribution in [2.45, 2.75) is 66.4 Å². The van der Waals surface area contributed by atoms with Crippen molar-refractivity contribution in [3.63, 3.8) is 0 Å². The molecule has 1 aliphatic carbocycles. The molecule has 174 valence electrons. The molecule has 0 amide bonds. The highest BCUT2D eigenvalue weighted by atomic mass is 16.6. The minimum Gasteiger partial charge on any atom is -0.491 e. The smallest absolute Gasteiger partial charge is 0.315 e. The van der Waals surface area contributed by atoms with Crippen molar-refractivity contribution in [2.24, 2.45) is 16.3 Å². The molecular weight excluding hydrogens is 406 g/mol. The molecule has 1 aliphatic heterocycles. The fraction of sp³-hybridized carbons (Fsp3) is 0.577. The molecule has 32 heavy (non-hydrogen) atoms. The number of allylic oxidation sites excluding steroid dienone is 2. The van der Waals surface area contributed by atoms with E-state index in [4.69, 9.17) is 19.2 Å². The molecule has 0 spiro atoms. The predicted octanol–water partition coefficient (Wildman–Crippen LogP) is 4.87. The molecule has 3 rings (SSSR count). The number of nitrogens with zero attached hydrogens (tertiary/aromatic N) is 1. The molecule has 1 aromatic rings. The van der Waals surface area contributed by atoms with Gasteiger partial charge < -0.3 is 14.2 Å². The van der Waals surface area contributed by atoms with Crippen LogP contribution in [0.15, 0.2) is 40.5 Å². The van der Waals surface area contributed by atoms with Gasteiger partial charge in [0.05, 0.1) is 12.7 Å². The second kappa shape index (κ2) is 9.99. The van der Waals surface area contributed by atoms with E-state index in [-0.39, 0.29) is 29.9 Å². The number of hydrogen-bond donors (Lipinski definition) is 0. The van der Waals surface area contributed by atoms with E-state index in [1.165, 1.54) is 0 Å². The van der Waals surface area contributed by atoms with E-state index in [2.05, 4.69) is 13.8 Å². The van der Waals surface area contributed by atoms with Crippen LogP contribution in [0.1, 0.15) is 65.9 Å². The first-order valence-corrected chi connectivity index (χ1v) is 11.5. The maximum absolute atomic E-state index is 13.4. The van der Waals surface area contributed by atoms with Gasteiger partial charge in [-0.05, 0) is 45.6 Å². The van der Waals surface area contributed by atoms with Crippen molar-refractivity contribution >= 4 is 17.5 Å². The van der Waals surface area contributed by atoms with Gasteiger partial charge in [0, 0.05) is 41.5 Å². The second-order valence-electron chi connectivity index (χ2n) is 9.58. The van der Waals surface area contributed by atoms with Gasteiger partial charge in [-0.3, -0.25) is 14.6 Å². The van der Waals surface area contributed by atoms with Crippen molar-refractivity contribution in [3.8, 4) is 5.75 Å². The number of para-hydroxylation sites is 1. The molecule has 0 saturated heterocycles. The van der Waals surface area contributed by atoms with Gasteiger partial charge in [0.2, 0.25) is 0 Å². The van der Waals surface area contributed by atoms with E-state index >= 15 is 0 Å². The molecule has 0 saturated carbocycles. The van der Waals surface area contributed by atoms with Gasteiger partial charge >= 0.3 is 5.97 Å². The Balaban J connectivity index is 2.08. The van der Waals surface area contributed by atoms with Crippen LogP contribution in [0.3, 0.4) is 0 Å². The Bertz CT molecular complexity index is 928. The molecule has 1 heterocycles. The topological polar surface area (TPSA) is 74.2 Å². The summed E-state index contributed by atoms with van der Waals surface area (Å²) in [6.45, 7) is 12.9. The largest absolute Gasteiger partial charge is 0.491 e. The highest BCUT2D eigenvalue weighted by molar-refractivity contribution is 6.09. The van der Waals surface area contributed by atoms with Crippen molar-refractivity contribution in [2.75, 3.05) is 19.8 Å². The van der Waals surface area contributed by atoms with E-state index < -0.39 is 11.8 Å². The monoisotopic (exact) mass is 441 g/mol. The van der Waals surface area contributed by atoms with Gasteiger partial charge in [-0.2, -0.15) is 0 Å². The van der Waals surface area contributed by atoms with E-state index in [0.717, 1.165) is 11.3 Å². The molecule has 0 radical (unpaired) electrons. The number of rotatable bonds is 8. The number of aliphatic imine (C=N–C) groups is 1. The Morgan fingerprint density at radius 3 is 2.59 bits per heavy atom. The standard InChI is InChI=1S/C26H35NO5/c1-7-30-12-13-31-25(29)22-17(4)27-19-14-26(5,6)15-20(28)24(19)23(22)18-10-8-9-11-21(18)32-16(2)3/h8-11,16,22-23H,7,12-15H2,1-6H3/t22?,23-/m1/s1. The summed E-state index contributed by atoms with van der Waals surface area (Å²) in [4.78, 5) is 31.4. The van der Waals surface area contributed by atoms with E-state index in [1.54, 1.807) is 0 Å². The van der Waals surface area contributed by atoms with Crippen LogP contribution in [0.25, 0.3) is 0 Å². The number of Topliss-reactive ketones (excluding diaryl/α,β-unsaturated/α-hetero) is 1. The van der Waals surface area contributed by atoms with Crippen molar-refractivity contribution in [3.05, 3.63) is 41.1 Å². The van der Waals surface area contributed by atoms with Crippen molar-refractivity contribution in [1.29, 1.82) is 0 Å². The first-order valence-electron chi connectivity index (χ1n) is 11.5. The third kappa shape index (κ3) is 5.29. The number of hydrogen-bond acceptors (Lipinski definition) is 6. The maximum atomic E-state index is 13.4. The summed E-state index contributed by atoms with van der Waals surface area (Å²) in [6.07, 6.45) is 1.08. The van der Waals surface area contributed by atoms with Crippen LogP contribution >= 0.6 is 0 Å². The normalized spacial score (nSPS) is 22.5. The Hall–Kier alpha value is -2.47. The number of ether oxygens (including phenoxy) is 3. The predicted molar refractivity (Wildman–Crippen MR) is 124 cm³/mol. The van der Waals surface area contributed by atoms with Crippen LogP contribution in [-0.4, -0.2) is 43.4 Å². The molecule has 2 aliphatic rings. The van der Waals surface area contributed by atoms with Gasteiger partial charge in [0.25, 0.3) is 0 Å². The summed E-state index contributed by atoms with van der Waals surface area (Å²) < 4.78 is 17.0. The van der Waals surface area contributed by atoms with Crippen LogP contribution in [0.5, 0.6) is 5.75 Å². The minimum atomic E-state index is -0.683. The molecule has 0 bridgehead atoms. The average molecular weight is 442 g/mol. The second-order valence-corrected chi connectivity index (χ2v) is 9.58. The zero-order valence-electron chi connectivity index (χ0n) is 20.1. The summed E-state index contributed by atoms with van der Waals surface area (Å²) in [7, 11) is 0. The number of esters is 1. The number of benzene rings is 1. The zero-order valence-corrected chi connectivity index (χ0v) is 20.1. The Morgan fingerprint density at radius 2 is 1.91 bits per heavy atom. The molecule has 2 atom stereocenters. The molecule has 0 fully saturated rings. The molecule has 6 heteroatoms. The van der Waals surface area contributed by atoms with E-state index in [0.29, 0.717) is 43.1 Å². The third-order valence-corrected chi connectivity index (χ3v) is 5.85. The lowest BCUT2D eigenvalue weighted by Gasteiger charge is -2.39. The van der Waals surface area contributed by atoms with Gasteiger partial charge in [-0.1, -0.05) is 32.0 Å². The highest BCUT2D eigenvalue weighted by Crippen LogP contribution is 2.49. The van der Waals surface area contributed by atoms with Crippen LogP contribution in [0, 0.1) is 11.3 Å². The van der Waals surface area contributed by atoms with Gasteiger partial charge in [0.1, 0.15) is 18.3 Å². The molecule has 1 aromatic carbocycles. The Labute approximate surface area is 191 Å². The van der Waals surface area contributed by atoms with Crippen LogP contribution in [0.4, 0.5) is 0 Å². The zero-order chi connectivity index (χ0) is 23.5. The lowest BCUT2D eigenvalue weighted by molar-refractivity contribution is -0.148. The van der Waals surface area contributed by atoms with Gasteiger partial charge in [-0.25, -0.2) is 0 Å². The molecule has 0 aromatic heterocycles. The first kappa shape index (κ1) is 24.2. The highest BCUT2D eigenvalue weighted by Gasteiger charge is 2.46. The fourth-order valence-electron chi connectivity index (χ4n) is 4.62. The maximum Gasteiger partial charge on any atom is 0.315 e. The summed E-state index contributed by atoms with van der Waals surface area (Å²) >= 11 is 0. The molecular formula is C26H35NO5. The van der Waals surface area contributed by atoms with Crippen LogP contribution in [0.2, 0.25) is 0 Å². The summed E-state index contributed by atoms with van der Waals surface area (Å²) in [5, 5.41) is 0. The number of ketones is 1. The quantitative estimate of drug-likeness (QED) is 0.425. The lowest BCUT2D eigenvalue weighted by atomic mass is 9.66. The summed E-state index contributed by atoms with van der Waals surface area (Å²) in [5.74, 6) is -0.833. The molecule has 6 nitrogen and oxygen atoms in total. The SMILES string of the molecule is CCOCCOC(=O)C1C(C)=NC2=C(C(=O)CC(C)(C)C2)[C@@H]1c1ccccc1OC(C)C. The average Bonchev–Trinajstić information content (AvgIpc) is 2.69. The van der Waals surface area contributed by atoms with Crippen molar-refractivity contribution < 1.29 is 23.8 Å². The fourth-order valence-corrected chi connectivity index (χ4v) is 4.62. The summed E-state index contributed by atoms with van der Waals surface area (Å²) in [6, 6.07) is 7.66. The van der Waals surface area contributed by atoms with Crippen molar-refractivity contribution in [1.82, 2.24) is 0 Å². The molecule has 0 N–H and O–H groups in total. The first-order chi connectivity index (χ1) is 15.1. The number of carbonyl (C=O) groups is 2. The van der Waals surface area contributed by atoms with Gasteiger partial charge in [-0.15, -0.1) is 0 Å². The van der Waals surface area contributed by atoms with E-state index in [1.807, 2.05) is 52.0 Å². The molecule has 1 unspecified atom stereocenters. The Kier molecular flexibility index (Phi) is 7.55. The Morgan fingerprint density at radius 1 is 1.19 bits per heavy atom. The third-order valence-electron chi connectivity index (χ3n) is 5.85. The minimum absolute atomic E-state index is 0.0412. The van der Waals surface area contributed by atoms with Crippen LogP contribution in [-0.2, 0) is 19.1 Å². The lowest BCUT2D eigenvalue weighted by Crippen LogP contribution is -2.40. The van der Waals surface area contributed by atoms with E-state index in [9.17, 15) is 9.59 Å². The summed E-state index contributed by atoms with van der Waals surface area (Å²) in [5.41, 5.74) is 2.74. The van der Waals surface area contributed by atoms with Crippen LogP contribution < -0.4 is 4.74 Å². The number of carbonyl (C=O) groups excluding carboxylic acids is 2.